The third-order valence-electron chi connectivity index (χ3n) is 1.26. The van der Waals surface area contributed by atoms with Crippen molar-refractivity contribution in [2.24, 2.45) is 0 Å². The Hall–Kier alpha value is -1.83. The van der Waals surface area contributed by atoms with Crippen LogP contribution in [0.5, 0.6) is 0 Å². The molecule has 1 heterocycles. The molecule has 0 aromatic carbocycles. The van der Waals surface area contributed by atoms with E-state index in [9.17, 15) is 0 Å². The van der Waals surface area contributed by atoms with Crippen molar-refractivity contribution in [2.75, 3.05) is 0 Å². The van der Waals surface area contributed by atoms with Crippen LogP contribution in [-0.2, 0) is 0 Å². The summed E-state index contributed by atoms with van der Waals surface area (Å²) in [6.45, 7) is 1.59. The van der Waals surface area contributed by atoms with Gasteiger partial charge in [-0.05, 0) is 6.92 Å². The standard InChI is InChI=1S/C6H6N4O/c1-4-3-9-5(2-7)6(8)10(4)11/h3,8,11H,1H3. The van der Waals surface area contributed by atoms with Gasteiger partial charge in [0.05, 0.1) is 11.9 Å². The SMILES string of the molecule is Cc1cnc(C#N)c(=N)n1O. The second kappa shape index (κ2) is 2.42. The summed E-state index contributed by atoms with van der Waals surface area (Å²) in [7, 11) is 0. The minimum absolute atomic E-state index is 0.0851. The second-order valence-corrected chi connectivity index (χ2v) is 2.02. The summed E-state index contributed by atoms with van der Waals surface area (Å²) in [5.41, 5.74) is 0.0552. The first-order valence-electron chi connectivity index (χ1n) is 2.89. The van der Waals surface area contributed by atoms with E-state index < -0.39 is 0 Å². The summed E-state index contributed by atoms with van der Waals surface area (Å²) >= 11 is 0. The molecular formula is C6H6N4O. The van der Waals surface area contributed by atoms with Crippen molar-refractivity contribution in [3.05, 3.63) is 23.1 Å². The molecule has 0 atom stereocenters. The van der Waals surface area contributed by atoms with Crippen LogP contribution in [0.2, 0.25) is 0 Å². The number of aromatic nitrogens is 2. The second-order valence-electron chi connectivity index (χ2n) is 2.02. The minimum Gasteiger partial charge on any atom is -0.427 e. The molecule has 1 aromatic rings. The molecule has 0 aliphatic rings. The Kier molecular flexibility index (Phi) is 1.60. The van der Waals surface area contributed by atoms with Crippen LogP contribution in [0.15, 0.2) is 6.20 Å². The lowest BCUT2D eigenvalue weighted by Gasteiger charge is -2.00. The zero-order valence-electron chi connectivity index (χ0n) is 5.87. The van der Waals surface area contributed by atoms with E-state index in [4.69, 9.17) is 15.9 Å². The van der Waals surface area contributed by atoms with E-state index in [1.165, 1.54) is 6.20 Å². The fraction of sp³-hybridized carbons (Fsp3) is 0.167. The van der Waals surface area contributed by atoms with E-state index in [0.29, 0.717) is 10.4 Å². The van der Waals surface area contributed by atoms with E-state index in [2.05, 4.69) is 4.98 Å². The van der Waals surface area contributed by atoms with Crippen molar-refractivity contribution in [1.82, 2.24) is 9.71 Å². The summed E-state index contributed by atoms with van der Waals surface area (Å²) in [5, 5.41) is 24.6. The molecule has 56 valence electrons. The van der Waals surface area contributed by atoms with Gasteiger partial charge in [-0.2, -0.15) is 9.99 Å². The fourth-order valence-electron chi connectivity index (χ4n) is 0.632. The van der Waals surface area contributed by atoms with Crippen LogP contribution in [0.3, 0.4) is 0 Å². The summed E-state index contributed by atoms with van der Waals surface area (Å²) in [6, 6.07) is 1.68. The van der Waals surface area contributed by atoms with E-state index in [1.54, 1.807) is 13.0 Å². The number of aryl methyl sites for hydroxylation is 1. The normalized spacial score (nSPS) is 9.09. The average Bonchev–Trinajstić information content (AvgIpc) is 2.01. The zero-order valence-corrected chi connectivity index (χ0v) is 5.87. The van der Waals surface area contributed by atoms with E-state index in [-0.39, 0.29) is 11.2 Å². The zero-order chi connectivity index (χ0) is 8.43. The molecule has 0 aliphatic heterocycles. The number of nitrogens with zero attached hydrogens (tertiary/aromatic N) is 3. The van der Waals surface area contributed by atoms with Gasteiger partial charge in [0.15, 0.2) is 11.2 Å². The van der Waals surface area contributed by atoms with Crippen LogP contribution >= 0.6 is 0 Å². The number of rotatable bonds is 0. The molecule has 1 rings (SSSR count). The first-order chi connectivity index (χ1) is 5.16. The first-order valence-corrected chi connectivity index (χ1v) is 2.89. The Labute approximate surface area is 62.6 Å². The summed E-state index contributed by atoms with van der Waals surface area (Å²) in [6.07, 6.45) is 1.33. The van der Waals surface area contributed by atoms with Crippen LogP contribution in [0, 0.1) is 23.7 Å². The van der Waals surface area contributed by atoms with Crippen molar-refractivity contribution in [3.63, 3.8) is 0 Å². The molecule has 5 nitrogen and oxygen atoms in total. The van der Waals surface area contributed by atoms with Crippen molar-refractivity contribution in [2.45, 2.75) is 6.92 Å². The number of nitriles is 1. The quantitative estimate of drug-likeness (QED) is 0.501. The van der Waals surface area contributed by atoms with Crippen LogP contribution in [0.1, 0.15) is 11.4 Å². The molecule has 0 unspecified atom stereocenters. The van der Waals surface area contributed by atoms with E-state index in [1.807, 2.05) is 0 Å². The van der Waals surface area contributed by atoms with Crippen molar-refractivity contribution >= 4 is 0 Å². The maximum absolute atomic E-state index is 9.06. The smallest absolute Gasteiger partial charge is 0.197 e. The highest BCUT2D eigenvalue weighted by molar-refractivity contribution is 5.15. The lowest BCUT2D eigenvalue weighted by Crippen LogP contribution is -2.23. The number of nitrogens with one attached hydrogen (secondary N) is 1. The molecule has 5 heteroatoms. The van der Waals surface area contributed by atoms with Gasteiger partial charge >= 0.3 is 0 Å². The third kappa shape index (κ3) is 1.05. The molecule has 11 heavy (non-hydrogen) atoms. The molecule has 0 saturated carbocycles. The van der Waals surface area contributed by atoms with E-state index in [0.717, 1.165) is 0 Å². The predicted molar refractivity (Wildman–Crippen MR) is 34.7 cm³/mol. The Morgan fingerprint density at radius 1 is 1.82 bits per heavy atom. The molecule has 0 bridgehead atoms. The molecule has 2 N–H and O–H groups in total. The van der Waals surface area contributed by atoms with Crippen LogP contribution in [0.25, 0.3) is 0 Å². The summed E-state index contributed by atoms with van der Waals surface area (Å²) < 4.78 is 0.617. The highest BCUT2D eigenvalue weighted by Crippen LogP contribution is 1.88. The molecule has 0 aliphatic carbocycles. The van der Waals surface area contributed by atoms with Gasteiger partial charge in [0.1, 0.15) is 6.07 Å². The van der Waals surface area contributed by atoms with Crippen molar-refractivity contribution in [1.29, 1.82) is 10.7 Å². The Morgan fingerprint density at radius 2 is 2.45 bits per heavy atom. The Balaban J connectivity index is 3.53. The van der Waals surface area contributed by atoms with Gasteiger partial charge in [-0.1, -0.05) is 0 Å². The van der Waals surface area contributed by atoms with Crippen molar-refractivity contribution < 1.29 is 5.21 Å². The van der Waals surface area contributed by atoms with Crippen LogP contribution in [0.4, 0.5) is 0 Å². The molecular weight excluding hydrogens is 144 g/mol. The maximum Gasteiger partial charge on any atom is 0.197 e. The molecule has 0 radical (unpaired) electrons. The predicted octanol–water partition coefficient (Wildman–Crippen LogP) is -0.220. The summed E-state index contributed by atoms with van der Waals surface area (Å²) in [5.74, 6) is 0. The van der Waals surface area contributed by atoms with Gasteiger partial charge in [0.25, 0.3) is 0 Å². The van der Waals surface area contributed by atoms with Crippen LogP contribution < -0.4 is 5.49 Å². The lowest BCUT2D eigenvalue weighted by atomic mass is 10.4. The number of hydrogen-bond acceptors (Lipinski definition) is 4. The first kappa shape index (κ1) is 7.28. The van der Waals surface area contributed by atoms with Crippen molar-refractivity contribution in [3.8, 4) is 6.07 Å². The van der Waals surface area contributed by atoms with Crippen LogP contribution in [-0.4, -0.2) is 14.9 Å². The van der Waals surface area contributed by atoms with Gasteiger partial charge in [-0.3, -0.25) is 5.41 Å². The molecule has 0 fully saturated rings. The highest BCUT2D eigenvalue weighted by Gasteiger charge is 2.00. The molecule has 0 spiro atoms. The lowest BCUT2D eigenvalue weighted by molar-refractivity contribution is 0.162. The maximum atomic E-state index is 9.06. The largest absolute Gasteiger partial charge is 0.427 e. The highest BCUT2D eigenvalue weighted by atomic mass is 16.5. The monoisotopic (exact) mass is 150 g/mol. The molecule has 0 amide bonds. The van der Waals surface area contributed by atoms with Gasteiger partial charge in [0, 0.05) is 0 Å². The van der Waals surface area contributed by atoms with E-state index >= 15 is 0 Å². The third-order valence-corrected chi connectivity index (χ3v) is 1.26. The Bertz CT molecular complexity index is 373. The fourth-order valence-corrected chi connectivity index (χ4v) is 0.632. The number of hydrogen-bond donors (Lipinski definition) is 2. The Morgan fingerprint density at radius 3 is 3.00 bits per heavy atom. The van der Waals surface area contributed by atoms with Gasteiger partial charge < -0.3 is 5.21 Å². The minimum atomic E-state index is -0.285. The summed E-state index contributed by atoms with van der Waals surface area (Å²) in [4.78, 5) is 3.63. The van der Waals surface area contributed by atoms with Gasteiger partial charge in [-0.15, -0.1) is 0 Å². The van der Waals surface area contributed by atoms with Gasteiger partial charge in [-0.25, -0.2) is 4.98 Å². The van der Waals surface area contributed by atoms with Gasteiger partial charge in [0.2, 0.25) is 0 Å². The molecule has 0 saturated heterocycles. The average molecular weight is 150 g/mol. The topological polar surface area (TPSA) is 85.7 Å². The molecule has 1 aromatic heterocycles.